The van der Waals surface area contributed by atoms with Crippen molar-refractivity contribution in [1.29, 1.82) is 0 Å². The Labute approximate surface area is 629 Å². The van der Waals surface area contributed by atoms with Gasteiger partial charge in [-0.1, -0.05) is 244 Å². The number of anilines is 3. The Balaban J connectivity index is 0.000000132. The Hall–Kier alpha value is -14.2. The summed E-state index contributed by atoms with van der Waals surface area (Å²) in [6, 6.07) is 129. The normalized spacial score (nSPS) is 12.8. The Morgan fingerprint density at radius 1 is 0.257 bits per heavy atom. The summed E-state index contributed by atoms with van der Waals surface area (Å²) in [6.45, 7) is 4.69. The molecule has 5 heterocycles. The molecule has 0 saturated carbocycles. The molecule has 0 atom stereocenters. The third kappa shape index (κ3) is 8.97. The molecule has 21 aromatic rings. The second kappa shape index (κ2) is 23.4. The predicted octanol–water partition coefficient (Wildman–Crippen LogP) is 27.3. The van der Waals surface area contributed by atoms with E-state index in [1.165, 1.54) is 165 Å². The average Bonchev–Trinajstić information content (AvgIpc) is 1.54. The first-order valence-corrected chi connectivity index (χ1v) is 37.7. The first kappa shape index (κ1) is 61.1. The Morgan fingerprint density at radius 2 is 0.706 bits per heavy atom. The van der Waals surface area contributed by atoms with Crippen LogP contribution in [0.2, 0.25) is 0 Å². The van der Waals surface area contributed by atoms with Gasteiger partial charge in [0.2, 0.25) is 0 Å². The molecule has 0 radical (unpaired) electrons. The van der Waals surface area contributed by atoms with Crippen molar-refractivity contribution < 1.29 is 0 Å². The van der Waals surface area contributed by atoms with E-state index in [0.29, 0.717) is 0 Å². The number of para-hydroxylation sites is 3. The molecular weight excluding hydrogens is 1320 g/mol. The zero-order valence-corrected chi connectivity index (χ0v) is 59.8. The minimum atomic E-state index is -0.0727. The molecule has 5 aromatic heterocycles. The van der Waals surface area contributed by atoms with Crippen LogP contribution in [0.1, 0.15) is 25.0 Å². The number of aromatic nitrogens is 5. The van der Waals surface area contributed by atoms with Gasteiger partial charge < -0.3 is 18.6 Å². The van der Waals surface area contributed by atoms with E-state index in [0.717, 1.165) is 56.2 Å². The van der Waals surface area contributed by atoms with Crippen LogP contribution < -0.4 is 4.90 Å². The fourth-order valence-corrected chi connectivity index (χ4v) is 19.0. The van der Waals surface area contributed by atoms with E-state index in [1.807, 2.05) is 18.5 Å². The lowest BCUT2D eigenvalue weighted by atomic mass is 9.82. The fraction of sp³-hybridized carbons (Fsp3) is 0.0291. The number of fused-ring (bicyclic) bond motifs is 14. The lowest BCUT2D eigenvalue weighted by molar-refractivity contribution is 0.660. The second-order valence-electron chi connectivity index (χ2n) is 29.9. The fourth-order valence-electron chi connectivity index (χ4n) is 19.0. The minimum Gasteiger partial charge on any atom is -0.310 e. The highest BCUT2D eigenvalue weighted by Crippen LogP contribution is 2.55. The van der Waals surface area contributed by atoms with Crippen LogP contribution in [-0.4, -0.2) is 23.7 Å². The number of hydrogen-bond acceptors (Lipinski definition) is 3. The number of benzene rings is 16. The molecule has 16 aromatic carbocycles. The number of rotatable bonds is 8. The van der Waals surface area contributed by atoms with E-state index in [2.05, 4.69) is 378 Å². The molecule has 0 spiro atoms. The van der Waals surface area contributed by atoms with Crippen LogP contribution in [0.15, 0.2) is 364 Å². The van der Waals surface area contributed by atoms with Gasteiger partial charge >= 0.3 is 0 Å². The highest BCUT2D eigenvalue weighted by Gasteiger charge is 2.36. The zero-order valence-electron chi connectivity index (χ0n) is 59.8. The van der Waals surface area contributed by atoms with Crippen LogP contribution >= 0.6 is 0 Å². The van der Waals surface area contributed by atoms with E-state index < -0.39 is 0 Å². The lowest BCUT2D eigenvalue weighted by Gasteiger charge is -2.28. The van der Waals surface area contributed by atoms with Crippen LogP contribution in [0, 0.1) is 0 Å². The molecule has 0 N–H and O–H groups in total. The Morgan fingerprint density at radius 3 is 1.38 bits per heavy atom. The van der Waals surface area contributed by atoms with Gasteiger partial charge in [-0.3, -0.25) is 9.97 Å². The van der Waals surface area contributed by atoms with E-state index in [9.17, 15) is 0 Å². The Kier molecular flexibility index (Phi) is 13.1. The maximum atomic E-state index is 5.03. The summed E-state index contributed by atoms with van der Waals surface area (Å²) in [6.07, 6.45) is 3.84. The van der Waals surface area contributed by atoms with E-state index in [4.69, 9.17) is 9.97 Å². The standard InChI is InChI=1S/C54H37N3.C49H29N3/c1-54(2)46-18-7-6-14-41(46)42-30-29-40(33-47(42)54)56(37-12-4-3-5-13-37)38-25-20-34(21-26-38)35-22-27-39(28-23-35)57-48-19-9-16-45-51(48)52-49(57)31-24-36-11-8-15-43(50(36)52)44-17-10-32-55-53(44)45;1-2-12-37-36(11-1)40-15-7-9-32-22-27-44-47(45(32)40)46-41(37)29-33-10-8-28-50-48(33)49(46)52(44)35-25-20-31(21-26-35)30-18-23-34(24-19-30)51-42-16-5-3-13-38(42)39-14-4-6-17-43(39)51/h3-33H,1-2H3;1-29H. The van der Waals surface area contributed by atoms with Crippen molar-refractivity contribution in [2.24, 2.45) is 0 Å². The average molecular weight is 1390 g/mol. The number of nitrogens with zero attached hydrogens (tertiary/aromatic N) is 6. The topological polar surface area (TPSA) is 43.8 Å². The molecule has 508 valence electrons. The molecular formula is C103H66N6. The smallest absolute Gasteiger partial charge is 0.0949 e. The van der Waals surface area contributed by atoms with Gasteiger partial charge in [-0.25, -0.2) is 0 Å². The molecule has 0 fully saturated rings. The maximum absolute atomic E-state index is 5.03. The van der Waals surface area contributed by atoms with E-state index in [1.54, 1.807) is 0 Å². The van der Waals surface area contributed by atoms with Crippen LogP contribution in [0.25, 0.3) is 193 Å². The van der Waals surface area contributed by atoms with Gasteiger partial charge in [0.1, 0.15) is 0 Å². The molecule has 109 heavy (non-hydrogen) atoms. The highest BCUT2D eigenvalue weighted by molar-refractivity contribution is 6.34. The van der Waals surface area contributed by atoms with Crippen LogP contribution in [-0.2, 0) is 5.41 Å². The molecule has 3 aliphatic rings. The van der Waals surface area contributed by atoms with Gasteiger partial charge in [0, 0.05) is 101 Å². The lowest BCUT2D eigenvalue weighted by Crippen LogP contribution is -2.16. The first-order valence-electron chi connectivity index (χ1n) is 37.7. The largest absolute Gasteiger partial charge is 0.310 e. The summed E-state index contributed by atoms with van der Waals surface area (Å²) in [5, 5.41) is 13.9. The Bertz CT molecular complexity index is 7350. The SMILES string of the molecule is CC1(C)c2ccccc2-c2ccc(N(c3ccccc3)c3ccc(-c4ccc(-n5c6cccc7c6c6c8c(cccc8ccc65)-c5cccnc5-7)cc4)cc3)cc21.c1ccc2c(c1)-c1cccc3ccc4c(c13)c1c-2cc2cccnc2c1n4-c1ccc(-c2ccc(-n3c4ccccc4c4ccccc43)cc2)cc1. The van der Waals surface area contributed by atoms with Gasteiger partial charge in [-0.05, 0) is 215 Å². The third-order valence-electron chi connectivity index (χ3n) is 23.9. The van der Waals surface area contributed by atoms with Gasteiger partial charge in [0.25, 0.3) is 0 Å². The van der Waals surface area contributed by atoms with Crippen LogP contribution in [0.5, 0.6) is 0 Å². The number of pyridine rings is 2. The summed E-state index contributed by atoms with van der Waals surface area (Å²) in [7, 11) is 0. The van der Waals surface area contributed by atoms with Crippen molar-refractivity contribution in [3.63, 3.8) is 0 Å². The molecule has 0 unspecified atom stereocenters. The molecule has 6 nitrogen and oxygen atoms in total. The minimum absolute atomic E-state index is 0.0727. The van der Waals surface area contributed by atoms with Crippen molar-refractivity contribution in [3.8, 4) is 95.1 Å². The molecule has 24 rings (SSSR count). The van der Waals surface area contributed by atoms with Crippen LogP contribution in [0.4, 0.5) is 17.1 Å². The van der Waals surface area contributed by atoms with E-state index in [-0.39, 0.29) is 5.41 Å². The van der Waals surface area contributed by atoms with Crippen LogP contribution in [0.3, 0.4) is 0 Å². The van der Waals surface area contributed by atoms with Crippen molar-refractivity contribution >= 4 is 115 Å². The van der Waals surface area contributed by atoms with E-state index >= 15 is 0 Å². The van der Waals surface area contributed by atoms with Crippen molar-refractivity contribution in [1.82, 2.24) is 23.7 Å². The zero-order chi connectivity index (χ0) is 71.7. The van der Waals surface area contributed by atoms with Gasteiger partial charge in [-0.2, -0.15) is 0 Å². The third-order valence-corrected chi connectivity index (χ3v) is 23.9. The van der Waals surface area contributed by atoms with Crippen molar-refractivity contribution in [2.45, 2.75) is 19.3 Å². The predicted molar refractivity (Wildman–Crippen MR) is 456 cm³/mol. The summed E-state index contributed by atoms with van der Waals surface area (Å²) >= 11 is 0. The molecule has 0 bridgehead atoms. The first-order chi connectivity index (χ1) is 53.9. The summed E-state index contributed by atoms with van der Waals surface area (Å²) in [4.78, 5) is 12.4. The van der Waals surface area contributed by atoms with Crippen molar-refractivity contribution in [3.05, 3.63) is 375 Å². The monoisotopic (exact) mass is 1390 g/mol. The van der Waals surface area contributed by atoms with Gasteiger partial charge in [0.05, 0.1) is 44.3 Å². The molecule has 6 heteroatoms. The molecule has 3 aliphatic carbocycles. The molecule has 0 saturated heterocycles. The quantitative estimate of drug-likeness (QED) is 0.152. The van der Waals surface area contributed by atoms with Crippen molar-refractivity contribution in [2.75, 3.05) is 4.90 Å². The van der Waals surface area contributed by atoms with Gasteiger partial charge in [0.15, 0.2) is 0 Å². The second-order valence-corrected chi connectivity index (χ2v) is 29.9. The maximum Gasteiger partial charge on any atom is 0.0949 e. The summed E-state index contributed by atoms with van der Waals surface area (Å²) in [5.41, 5.74) is 34.9. The molecule has 0 aliphatic heterocycles. The highest BCUT2D eigenvalue weighted by atomic mass is 15.1. The van der Waals surface area contributed by atoms with Gasteiger partial charge in [-0.15, -0.1) is 0 Å². The summed E-state index contributed by atoms with van der Waals surface area (Å²) < 4.78 is 7.25. The summed E-state index contributed by atoms with van der Waals surface area (Å²) in [5.74, 6) is 0. The molecule has 0 amide bonds. The number of hydrogen-bond donors (Lipinski definition) is 0.